The molecule has 1 N–H and O–H groups in total. The van der Waals surface area contributed by atoms with Crippen molar-refractivity contribution in [3.05, 3.63) is 70.9 Å². The number of carboxylic acids is 1. The van der Waals surface area contributed by atoms with Gasteiger partial charge in [0.1, 0.15) is 0 Å². The maximum atomic E-state index is 12.7. The second-order valence-corrected chi connectivity index (χ2v) is 6.55. The number of alkyl halides is 3. The molecule has 26 heavy (non-hydrogen) atoms. The van der Waals surface area contributed by atoms with Gasteiger partial charge in [-0.25, -0.2) is 4.79 Å². The first-order chi connectivity index (χ1) is 12.2. The Balaban J connectivity index is 2.01. The van der Waals surface area contributed by atoms with Gasteiger partial charge in [0.25, 0.3) is 0 Å². The molecule has 3 nitrogen and oxygen atoms in total. The van der Waals surface area contributed by atoms with Gasteiger partial charge in [0.2, 0.25) is 0 Å². The lowest BCUT2D eigenvalue weighted by molar-refractivity contribution is -0.137. The van der Waals surface area contributed by atoms with Crippen molar-refractivity contribution < 1.29 is 23.1 Å². The van der Waals surface area contributed by atoms with Crippen molar-refractivity contribution in [2.45, 2.75) is 32.5 Å². The zero-order valence-electron chi connectivity index (χ0n) is 14.3. The van der Waals surface area contributed by atoms with Crippen LogP contribution in [0.1, 0.15) is 47.1 Å². The number of benzene rings is 2. The summed E-state index contributed by atoms with van der Waals surface area (Å²) in [6, 6.07) is 12.1. The molecule has 0 bridgehead atoms. The number of rotatable bonds is 4. The molecule has 0 saturated carbocycles. The Morgan fingerprint density at radius 3 is 2.27 bits per heavy atom. The van der Waals surface area contributed by atoms with Crippen LogP contribution in [0.15, 0.2) is 48.5 Å². The average molecular weight is 361 g/mol. The Hall–Kier alpha value is -2.76. The highest BCUT2D eigenvalue weighted by Crippen LogP contribution is 2.30. The van der Waals surface area contributed by atoms with Crippen molar-refractivity contribution in [3.63, 3.8) is 0 Å². The van der Waals surface area contributed by atoms with Gasteiger partial charge >= 0.3 is 12.1 Å². The monoisotopic (exact) mass is 361 g/mol. The van der Waals surface area contributed by atoms with Crippen molar-refractivity contribution in [1.29, 1.82) is 0 Å². The van der Waals surface area contributed by atoms with Crippen LogP contribution >= 0.6 is 0 Å². The third-order valence-electron chi connectivity index (χ3n) is 4.35. The molecule has 136 valence electrons. The highest BCUT2D eigenvalue weighted by atomic mass is 19.4. The lowest BCUT2D eigenvalue weighted by atomic mass is 10.1. The molecule has 6 heteroatoms. The first-order valence-electron chi connectivity index (χ1n) is 8.20. The van der Waals surface area contributed by atoms with Gasteiger partial charge in [0.15, 0.2) is 0 Å². The fourth-order valence-electron chi connectivity index (χ4n) is 3.19. The number of halogens is 3. The van der Waals surface area contributed by atoms with E-state index in [0.717, 1.165) is 34.3 Å². The normalized spacial score (nSPS) is 12.1. The lowest BCUT2D eigenvalue weighted by Crippen LogP contribution is -2.07. The highest BCUT2D eigenvalue weighted by molar-refractivity contribution is 5.94. The van der Waals surface area contributed by atoms with Gasteiger partial charge in [0, 0.05) is 29.1 Å². The van der Waals surface area contributed by atoms with E-state index < -0.39 is 17.7 Å². The van der Waals surface area contributed by atoms with Crippen molar-refractivity contribution >= 4 is 16.9 Å². The SMILES string of the molecule is CC(C)n1c(Cc2ccc(C(F)(F)F)cc2)cc2cc(C(=O)O)ccc21. The van der Waals surface area contributed by atoms with E-state index in [9.17, 15) is 18.0 Å². The van der Waals surface area contributed by atoms with Crippen LogP contribution in [0.25, 0.3) is 10.9 Å². The zero-order chi connectivity index (χ0) is 19.1. The molecule has 3 rings (SSSR count). The molecule has 0 unspecified atom stereocenters. The fraction of sp³-hybridized carbons (Fsp3) is 0.250. The molecule has 0 aliphatic heterocycles. The van der Waals surface area contributed by atoms with Gasteiger partial charge in [-0.1, -0.05) is 12.1 Å². The molecule has 0 radical (unpaired) electrons. The predicted octanol–water partition coefficient (Wildman–Crippen LogP) is 5.53. The molecule has 0 aliphatic carbocycles. The Kier molecular flexibility index (Phi) is 4.52. The Morgan fingerprint density at radius 1 is 1.08 bits per heavy atom. The molecule has 0 atom stereocenters. The van der Waals surface area contributed by atoms with E-state index in [1.807, 2.05) is 19.9 Å². The van der Waals surface area contributed by atoms with Crippen LogP contribution in [0.2, 0.25) is 0 Å². The van der Waals surface area contributed by atoms with E-state index in [1.165, 1.54) is 12.1 Å². The van der Waals surface area contributed by atoms with Crippen molar-refractivity contribution in [2.75, 3.05) is 0 Å². The second kappa shape index (κ2) is 6.52. The summed E-state index contributed by atoms with van der Waals surface area (Å²) in [7, 11) is 0. The van der Waals surface area contributed by atoms with E-state index in [2.05, 4.69) is 4.57 Å². The van der Waals surface area contributed by atoms with Gasteiger partial charge < -0.3 is 9.67 Å². The Bertz CT molecular complexity index is 954. The van der Waals surface area contributed by atoms with Crippen molar-refractivity contribution in [1.82, 2.24) is 4.57 Å². The average Bonchev–Trinajstić information content (AvgIpc) is 2.91. The summed E-state index contributed by atoms with van der Waals surface area (Å²) in [6.07, 6.45) is -3.88. The van der Waals surface area contributed by atoms with Gasteiger partial charge in [-0.3, -0.25) is 0 Å². The molecule has 1 heterocycles. The summed E-state index contributed by atoms with van der Waals surface area (Å²) in [5.74, 6) is -0.992. The third kappa shape index (κ3) is 3.45. The topological polar surface area (TPSA) is 42.2 Å². The summed E-state index contributed by atoms with van der Waals surface area (Å²) < 4.78 is 40.2. The zero-order valence-corrected chi connectivity index (χ0v) is 14.3. The summed E-state index contributed by atoms with van der Waals surface area (Å²) in [6.45, 7) is 4.03. The largest absolute Gasteiger partial charge is 0.478 e. The molecule has 2 aromatic carbocycles. The summed E-state index contributed by atoms with van der Waals surface area (Å²) in [4.78, 5) is 11.2. The number of aromatic carboxylic acids is 1. The minimum absolute atomic E-state index is 0.132. The van der Waals surface area contributed by atoms with E-state index in [-0.39, 0.29) is 11.6 Å². The third-order valence-corrected chi connectivity index (χ3v) is 4.35. The van der Waals surface area contributed by atoms with Crippen molar-refractivity contribution in [3.8, 4) is 0 Å². The minimum atomic E-state index is -4.35. The maximum Gasteiger partial charge on any atom is 0.416 e. The minimum Gasteiger partial charge on any atom is -0.478 e. The second-order valence-electron chi connectivity index (χ2n) is 6.55. The number of fused-ring (bicyclic) bond motifs is 1. The number of hydrogen-bond donors (Lipinski definition) is 1. The number of nitrogens with zero attached hydrogens (tertiary/aromatic N) is 1. The van der Waals surface area contributed by atoms with Gasteiger partial charge in [-0.05, 0) is 55.8 Å². The number of carbonyl (C=O) groups is 1. The molecule has 0 spiro atoms. The smallest absolute Gasteiger partial charge is 0.416 e. The quantitative estimate of drug-likeness (QED) is 0.664. The molecular formula is C20H18F3NO2. The highest BCUT2D eigenvalue weighted by Gasteiger charge is 2.30. The van der Waals surface area contributed by atoms with E-state index in [0.29, 0.717) is 6.42 Å². The molecule has 0 fully saturated rings. The van der Waals surface area contributed by atoms with Gasteiger partial charge in [-0.2, -0.15) is 13.2 Å². The van der Waals surface area contributed by atoms with E-state index in [1.54, 1.807) is 18.2 Å². The standard InChI is InChI=1S/C20H18F3NO2/c1-12(2)24-17(9-13-3-6-16(7-4-13)20(21,22)23)11-15-10-14(19(25)26)5-8-18(15)24/h3-8,10-12H,9H2,1-2H3,(H,25,26). The molecular weight excluding hydrogens is 343 g/mol. The van der Waals surface area contributed by atoms with Crippen LogP contribution in [0, 0.1) is 0 Å². The summed E-state index contributed by atoms with van der Waals surface area (Å²) in [5.41, 5.74) is 2.14. The van der Waals surface area contributed by atoms with Crippen LogP contribution < -0.4 is 0 Å². The first kappa shape index (κ1) is 18.0. The van der Waals surface area contributed by atoms with Crippen LogP contribution in [-0.4, -0.2) is 15.6 Å². The molecule has 1 aromatic heterocycles. The predicted molar refractivity (Wildman–Crippen MR) is 93.5 cm³/mol. The Labute approximate surface area is 148 Å². The summed E-state index contributed by atoms with van der Waals surface area (Å²) >= 11 is 0. The van der Waals surface area contributed by atoms with Crippen LogP contribution in [0.5, 0.6) is 0 Å². The van der Waals surface area contributed by atoms with Crippen molar-refractivity contribution in [2.24, 2.45) is 0 Å². The number of hydrogen-bond acceptors (Lipinski definition) is 1. The lowest BCUT2D eigenvalue weighted by Gasteiger charge is -2.15. The van der Waals surface area contributed by atoms with Crippen LogP contribution in [-0.2, 0) is 12.6 Å². The first-order valence-corrected chi connectivity index (χ1v) is 8.20. The molecule has 0 aliphatic rings. The summed E-state index contributed by atoms with van der Waals surface area (Å²) in [5, 5.41) is 9.96. The van der Waals surface area contributed by atoms with Crippen LogP contribution in [0.3, 0.4) is 0 Å². The van der Waals surface area contributed by atoms with Gasteiger partial charge in [0.05, 0.1) is 11.1 Å². The number of carboxylic acid groups (broad SMARTS) is 1. The molecule has 0 saturated heterocycles. The van der Waals surface area contributed by atoms with E-state index >= 15 is 0 Å². The maximum absolute atomic E-state index is 12.7. The fourth-order valence-corrected chi connectivity index (χ4v) is 3.19. The van der Waals surface area contributed by atoms with E-state index in [4.69, 9.17) is 5.11 Å². The Morgan fingerprint density at radius 2 is 1.73 bits per heavy atom. The van der Waals surface area contributed by atoms with Crippen LogP contribution in [0.4, 0.5) is 13.2 Å². The molecule has 3 aromatic rings. The number of aromatic nitrogens is 1. The van der Waals surface area contributed by atoms with Gasteiger partial charge in [-0.15, -0.1) is 0 Å². The molecule has 0 amide bonds.